The predicted octanol–water partition coefficient (Wildman–Crippen LogP) is 2.39. The highest BCUT2D eigenvalue weighted by molar-refractivity contribution is 5.02. The van der Waals surface area contributed by atoms with E-state index in [1.54, 1.807) is 0 Å². The van der Waals surface area contributed by atoms with E-state index in [2.05, 4.69) is 37.1 Å². The van der Waals surface area contributed by atoms with E-state index >= 15 is 0 Å². The highest BCUT2D eigenvalue weighted by Gasteiger charge is 2.20. The molecule has 0 amide bonds. The van der Waals surface area contributed by atoms with Crippen molar-refractivity contribution in [2.45, 2.75) is 58.5 Å². The Morgan fingerprint density at radius 3 is 2.38 bits per heavy atom. The smallest absolute Gasteiger partial charge is 0.103 e. The topological polar surface area (TPSA) is 39.1 Å². The van der Waals surface area contributed by atoms with Crippen LogP contribution < -0.4 is 5.32 Å². The molecule has 0 aliphatic heterocycles. The van der Waals surface area contributed by atoms with Crippen molar-refractivity contribution in [3.8, 4) is 6.07 Å². The van der Waals surface area contributed by atoms with Gasteiger partial charge in [0.15, 0.2) is 0 Å². The van der Waals surface area contributed by atoms with Crippen molar-refractivity contribution in [2.75, 3.05) is 20.1 Å². The molecule has 0 aromatic heterocycles. The van der Waals surface area contributed by atoms with Gasteiger partial charge >= 0.3 is 0 Å². The summed E-state index contributed by atoms with van der Waals surface area (Å²) in [5.74, 6) is 0. The fourth-order valence-electron chi connectivity index (χ4n) is 1.81. The number of nitrogens with one attached hydrogen (secondary N) is 1. The van der Waals surface area contributed by atoms with Crippen molar-refractivity contribution in [2.24, 2.45) is 0 Å². The summed E-state index contributed by atoms with van der Waals surface area (Å²) < 4.78 is 0. The normalized spacial score (nSPS) is 15.1. The lowest BCUT2D eigenvalue weighted by atomic mass is 9.97. The van der Waals surface area contributed by atoms with Crippen molar-refractivity contribution in [1.82, 2.24) is 10.2 Å². The number of unbranched alkanes of at least 4 members (excludes halogenated alkanes) is 1. The molecule has 1 N–H and O–H groups in total. The Morgan fingerprint density at radius 1 is 1.38 bits per heavy atom. The molecular formula is C13H27N3. The van der Waals surface area contributed by atoms with Gasteiger partial charge in [-0.3, -0.25) is 0 Å². The highest BCUT2D eigenvalue weighted by Crippen LogP contribution is 2.12. The second kappa shape index (κ2) is 7.65. The summed E-state index contributed by atoms with van der Waals surface area (Å²) in [5, 5.41) is 12.1. The van der Waals surface area contributed by atoms with Gasteiger partial charge in [-0.05, 0) is 60.2 Å². The van der Waals surface area contributed by atoms with Crippen LogP contribution in [0.3, 0.4) is 0 Å². The van der Waals surface area contributed by atoms with Crippen LogP contribution in [0, 0.1) is 11.3 Å². The van der Waals surface area contributed by atoms with Crippen molar-refractivity contribution in [3.05, 3.63) is 0 Å². The Hall–Kier alpha value is -0.590. The third-order valence-corrected chi connectivity index (χ3v) is 3.31. The molecule has 3 heteroatoms. The first-order chi connectivity index (χ1) is 7.49. The maximum absolute atomic E-state index is 9.01. The standard InChI is InChI=1S/C13H27N3/c1-6-16(12(2)3)10-8-7-9-13(4,11-14)15-5/h12,15H,6-10H2,1-5H3. The molecule has 0 heterocycles. The van der Waals surface area contributed by atoms with Gasteiger partial charge in [0.2, 0.25) is 0 Å². The summed E-state index contributed by atoms with van der Waals surface area (Å²) in [5.41, 5.74) is -0.352. The summed E-state index contributed by atoms with van der Waals surface area (Å²) in [7, 11) is 1.86. The first-order valence-corrected chi connectivity index (χ1v) is 6.33. The van der Waals surface area contributed by atoms with Crippen LogP contribution in [-0.4, -0.2) is 36.6 Å². The van der Waals surface area contributed by atoms with Crippen LogP contribution in [0.4, 0.5) is 0 Å². The number of nitriles is 1. The second-order valence-corrected chi connectivity index (χ2v) is 4.87. The minimum Gasteiger partial charge on any atom is -0.303 e. The Morgan fingerprint density at radius 2 is 2.00 bits per heavy atom. The molecule has 0 radical (unpaired) electrons. The third-order valence-electron chi connectivity index (χ3n) is 3.31. The van der Waals surface area contributed by atoms with Gasteiger partial charge in [0.1, 0.15) is 5.54 Å². The van der Waals surface area contributed by atoms with E-state index in [-0.39, 0.29) is 5.54 Å². The van der Waals surface area contributed by atoms with Gasteiger partial charge in [-0.1, -0.05) is 6.92 Å². The van der Waals surface area contributed by atoms with Gasteiger partial charge in [-0.25, -0.2) is 0 Å². The van der Waals surface area contributed by atoms with E-state index in [1.165, 1.54) is 6.42 Å². The maximum Gasteiger partial charge on any atom is 0.103 e. The Bertz CT molecular complexity index is 220. The Balaban J connectivity index is 3.79. The molecule has 0 aliphatic carbocycles. The van der Waals surface area contributed by atoms with Gasteiger partial charge in [0.25, 0.3) is 0 Å². The molecule has 0 aromatic rings. The zero-order valence-corrected chi connectivity index (χ0v) is 11.5. The molecule has 0 aliphatic rings. The lowest BCUT2D eigenvalue weighted by molar-refractivity contribution is 0.226. The quantitative estimate of drug-likeness (QED) is 0.645. The van der Waals surface area contributed by atoms with E-state index in [0.29, 0.717) is 6.04 Å². The first-order valence-electron chi connectivity index (χ1n) is 6.33. The molecule has 0 spiro atoms. The maximum atomic E-state index is 9.01. The number of rotatable bonds is 8. The molecule has 1 atom stereocenters. The van der Waals surface area contributed by atoms with Gasteiger partial charge < -0.3 is 10.2 Å². The average molecular weight is 225 g/mol. The van der Waals surface area contributed by atoms with Gasteiger partial charge in [0.05, 0.1) is 6.07 Å². The number of nitrogens with zero attached hydrogens (tertiary/aromatic N) is 2. The monoisotopic (exact) mass is 225 g/mol. The Kier molecular flexibility index (Phi) is 7.36. The molecule has 0 saturated carbocycles. The summed E-state index contributed by atoms with van der Waals surface area (Å²) in [4.78, 5) is 2.46. The summed E-state index contributed by atoms with van der Waals surface area (Å²) in [6, 6.07) is 2.95. The van der Waals surface area contributed by atoms with Crippen LogP contribution in [0.25, 0.3) is 0 Å². The van der Waals surface area contributed by atoms with Crippen molar-refractivity contribution >= 4 is 0 Å². The first kappa shape index (κ1) is 15.4. The molecule has 0 rings (SSSR count). The Labute approximate surface area is 101 Å². The lowest BCUT2D eigenvalue weighted by Gasteiger charge is -2.25. The summed E-state index contributed by atoms with van der Waals surface area (Å²) in [6.07, 6.45) is 3.20. The van der Waals surface area contributed by atoms with Crippen LogP contribution in [0.5, 0.6) is 0 Å². The molecular weight excluding hydrogens is 198 g/mol. The molecule has 0 saturated heterocycles. The lowest BCUT2D eigenvalue weighted by Crippen LogP contribution is -2.38. The molecule has 16 heavy (non-hydrogen) atoms. The zero-order chi connectivity index (χ0) is 12.6. The highest BCUT2D eigenvalue weighted by atomic mass is 15.1. The van der Waals surface area contributed by atoms with Crippen LogP contribution in [0.15, 0.2) is 0 Å². The van der Waals surface area contributed by atoms with Gasteiger partial charge in [0, 0.05) is 6.04 Å². The number of hydrogen-bond donors (Lipinski definition) is 1. The van der Waals surface area contributed by atoms with Gasteiger partial charge in [-0.15, -0.1) is 0 Å². The summed E-state index contributed by atoms with van der Waals surface area (Å²) >= 11 is 0. The van der Waals surface area contributed by atoms with Crippen LogP contribution in [-0.2, 0) is 0 Å². The van der Waals surface area contributed by atoms with E-state index in [1.807, 2.05) is 14.0 Å². The minimum atomic E-state index is -0.352. The fraction of sp³-hybridized carbons (Fsp3) is 0.923. The SMILES string of the molecule is CCN(CCCCC(C)(C#N)NC)C(C)C. The molecule has 94 valence electrons. The molecule has 0 bridgehead atoms. The van der Waals surface area contributed by atoms with E-state index < -0.39 is 0 Å². The van der Waals surface area contributed by atoms with Gasteiger partial charge in [-0.2, -0.15) is 5.26 Å². The molecule has 0 fully saturated rings. The van der Waals surface area contributed by atoms with Crippen LogP contribution >= 0.6 is 0 Å². The third kappa shape index (κ3) is 5.48. The zero-order valence-electron chi connectivity index (χ0n) is 11.5. The summed E-state index contributed by atoms with van der Waals surface area (Å²) in [6.45, 7) is 10.9. The van der Waals surface area contributed by atoms with Crippen molar-refractivity contribution < 1.29 is 0 Å². The second-order valence-electron chi connectivity index (χ2n) is 4.87. The van der Waals surface area contributed by atoms with Crippen LogP contribution in [0.2, 0.25) is 0 Å². The molecule has 0 aromatic carbocycles. The van der Waals surface area contributed by atoms with E-state index in [0.717, 1.165) is 25.9 Å². The predicted molar refractivity (Wildman–Crippen MR) is 69.3 cm³/mol. The van der Waals surface area contributed by atoms with E-state index in [4.69, 9.17) is 5.26 Å². The largest absolute Gasteiger partial charge is 0.303 e. The van der Waals surface area contributed by atoms with E-state index in [9.17, 15) is 0 Å². The van der Waals surface area contributed by atoms with Crippen molar-refractivity contribution in [1.29, 1.82) is 5.26 Å². The average Bonchev–Trinajstić information content (AvgIpc) is 2.28. The molecule has 1 unspecified atom stereocenters. The van der Waals surface area contributed by atoms with Crippen LogP contribution in [0.1, 0.15) is 47.0 Å². The number of hydrogen-bond acceptors (Lipinski definition) is 3. The molecule has 3 nitrogen and oxygen atoms in total. The van der Waals surface area contributed by atoms with Crippen molar-refractivity contribution in [3.63, 3.8) is 0 Å². The fourth-order valence-corrected chi connectivity index (χ4v) is 1.81. The minimum absolute atomic E-state index is 0.352.